The molecule has 0 amide bonds. The van der Waals surface area contributed by atoms with Crippen LogP contribution in [0.25, 0.3) is 0 Å². The lowest BCUT2D eigenvalue weighted by Gasteiger charge is -2.38. The topological polar surface area (TPSA) is 71.1 Å². The third-order valence-electron chi connectivity index (χ3n) is 6.02. The van der Waals surface area contributed by atoms with Crippen LogP contribution in [-0.4, -0.2) is 53.2 Å². The molecule has 6 nitrogen and oxygen atoms in total. The van der Waals surface area contributed by atoms with Crippen LogP contribution in [0.5, 0.6) is 0 Å². The van der Waals surface area contributed by atoms with Crippen molar-refractivity contribution in [2.45, 2.75) is 82.8 Å². The molecule has 1 aromatic rings. The van der Waals surface area contributed by atoms with Crippen LogP contribution < -0.4 is 0 Å². The van der Waals surface area contributed by atoms with Crippen LogP contribution in [0.1, 0.15) is 65.4 Å². The standard InChI is InChI=1S/C23H40O6S/c1-7-22(8-2,15-16-26-6)28-19-23(9-3,10-4)27-17-18-29-30(24,25)21-13-11-20(5)12-14-21/h11-14H,7-10,15-19H2,1-6H3. The number of rotatable bonds is 16. The van der Waals surface area contributed by atoms with Gasteiger partial charge in [0.05, 0.1) is 35.9 Å². The van der Waals surface area contributed by atoms with Crippen molar-refractivity contribution in [3.05, 3.63) is 29.8 Å². The predicted octanol–water partition coefficient (Wildman–Crippen LogP) is 4.89. The Morgan fingerprint density at radius 3 is 1.87 bits per heavy atom. The van der Waals surface area contributed by atoms with Crippen molar-refractivity contribution in [2.75, 3.05) is 33.5 Å². The molecular formula is C23H40O6S. The van der Waals surface area contributed by atoms with Gasteiger partial charge in [0.2, 0.25) is 0 Å². The fourth-order valence-electron chi connectivity index (χ4n) is 3.33. The average Bonchev–Trinajstić information content (AvgIpc) is 2.76. The fourth-order valence-corrected chi connectivity index (χ4v) is 4.22. The largest absolute Gasteiger partial charge is 0.385 e. The summed E-state index contributed by atoms with van der Waals surface area (Å²) in [5.41, 5.74) is 0.286. The van der Waals surface area contributed by atoms with Crippen molar-refractivity contribution in [1.29, 1.82) is 0 Å². The molecule has 0 radical (unpaired) electrons. The first-order valence-corrected chi connectivity index (χ1v) is 12.4. The molecule has 0 saturated carbocycles. The van der Waals surface area contributed by atoms with Crippen LogP contribution in [0.4, 0.5) is 0 Å². The van der Waals surface area contributed by atoms with Crippen LogP contribution in [0, 0.1) is 6.92 Å². The number of aryl methyl sites for hydroxylation is 1. The molecule has 0 aliphatic rings. The summed E-state index contributed by atoms with van der Waals surface area (Å²) in [7, 11) is -2.09. The molecule has 0 aliphatic carbocycles. The van der Waals surface area contributed by atoms with E-state index in [1.807, 2.05) is 6.92 Å². The van der Waals surface area contributed by atoms with Crippen molar-refractivity contribution >= 4 is 10.1 Å². The molecule has 0 aromatic heterocycles. The zero-order valence-corrected chi connectivity index (χ0v) is 20.3. The lowest BCUT2D eigenvalue weighted by molar-refractivity contribution is -0.158. The van der Waals surface area contributed by atoms with Crippen molar-refractivity contribution in [3.8, 4) is 0 Å². The summed E-state index contributed by atoms with van der Waals surface area (Å²) >= 11 is 0. The highest BCUT2D eigenvalue weighted by atomic mass is 32.2. The molecule has 0 aliphatic heterocycles. The second kappa shape index (κ2) is 12.8. The Labute approximate surface area is 183 Å². The quantitative estimate of drug-likeness (QED) is 0.267. The highest BCUT2D eigenvalue weighted by Crippen LogP contribution is 2.30. The molecular weight excluding hydrogens is 404 g/mol. The first-order valence-electron chi connectivity index (χ1n) is 10.9. The van der Waals surface area contributed by atoms with Crippen molar-refractivity contribution in [1.82, 2.24) is 0 Å². The number of hydrogen-bond acceptors (Lipinski definition) is 6. The van der Waals surface area contributed by atoms with E-state index >= 15 is 0 Å². The van der Waals surface area contributed by atoms with E-state index in [9.17, 15) is 8.42 Å². The molecule has 0 heterocycles. The minimum absolute atomic E-state index is 0.0334. The molecule has 30 heavy (non-hydrogen) atoms. The molecule has 7 heteroatoms. The van der Waals surface area contributed by atoms with Gasteiger partial charge in [0.25, 0.3) is 10.1 Å². The predicted molar refractivity (Wildman–Crippen MR) is 119 cm³/mol. The summed E-state index contributed by atoms with van der Waals surface area (Å²) in [6.07, 6.45) is 4.16. The number of methoxy groups -OCH3 is 1. The molecule has 0 spiro atoms. The minimum atomic E-state index is -3.79. The molecule has 0 unspecified atom stereocenters. The van der Waals surface area contributed by atoms with Crippen molar-refractivity contribution in [2.24, 2.45) is 0 Å². The number of ether oxygens (including phenoxy) is 3. The third-order valence-corrected chi connectivity index (χ3v) is 7.35. The zero-order chi connectivity index (χ0) is 22.7. The maximum atomic E-state index is 12.3. The third kappa shape index (κ3) is 7.93. The number of benzene rings is 1. The lowest BCUT2D eigenvalue weighted by Crippen LogP contribution is -2.43. The average molecular weight is 445 g/mol. The molecule has 1 aromatic carbocycles. The van der Waals surface area contributed by atoms with Gasteiger partial charge in [0.15, 0.2) is 0 Å². The van der Waals surface area contributed by atoms with E-state index in [-0.39, 0.29) is 23.7 Å². The summed E-state index contributed by atoms with van der Waals surface area (Å²) in [5.74, 6) is 0. The summed E-state index contributed by atoms with van der Waals surface area (Å²) in [6, 6.07) is 6.61. The van der Waals surface area contributed by atoms with E-state index in [2.05, 4.69) is 27.7 Å². The summed E-state index contributed by atoms with van der Waals surface area (Å²) in [5, 5.41) is 0. The highest BCUT2D eigenvalue weighted by molar-refractivity contribution is 7.86. The van der Waals surface area contributed by atoms with Gasteiger partial charge in [-0.05, 0) is 51.2 Å². The monoisotopic (exact) mass is 444 g/mol. The van der Waals surface area contributed by atoms with Gasteiger partial charge in [-0.15, -0.1) is 0 Å². The van der Waals surface area contributed by atoms with E-state index in [1.165, 1.54) is 0 Å². The second-order valence-corrected chi connectivity index (χ2v) is 9.36. The van der Waals surface area contributed by atoms with Crippen LogP contribution in [0.15, 0.2) is 29.2 Å². The normalized spacial score (nSPS) is 13.0. The van der Waals surface area contributed by atoms with Crippen LogP contribution in [0.2, 0.25) is 0 Å². The molecule has 174 valence electrons. The summed E-state index contributed by atoms with van der Waals surface area (Å²) in [4.78, 5) is 0.155. The second-order valence-electron chi connectivity index (χ2n) is 7.75. The van der Waals surface area contributed by atoms with Gasteiger partial charge in [-0.25, -0.2) is 0 Å². The summed E-state index contributed by atoms with van der Waals surface area (Å²) < 4.78 is 47.6. The Morgan fingerprint density at radius 2 is 1.37 bits per heavy atom. The van der Waals surface area contributed by atoms with Gasteiger partial charge in [-0.3, -0.25) is 4.18 Å². The highest BCUT2D eigenvalue weighted by Gasteiger charge is 2.34. The van der Waals surface area contributed by atoms with Crippen molar-refractivity contribution < 1.29 is 26.8 Å². The van der Waals surface area contributed by atoms with E-state index in [0.29, 0.717) is 13.2 Å². The summed E-state index contributed by atoms with van der Waals surface area (Å²) in [6.45, 7) is 11.5. The van der Waals surface area contributed by atoms with Gasteiger partial charge in [0.1, 0.15) is 0 Å². The van der Waals surface area contributed by atoms with Gasteiger partial charge >= 0.3 is 0 Å². The van der Waals surface area contributed by atoms with Crippen molar-refractivity contribution in [3.63, 3.8) is 0 Å². The Hall–Kier alpha value is -0.990. The number of hydrogen-bond donors (Lipinski definition) is 0. The minimum Gasteiger partial charge on any atom is -0.385 e. The Morgan fingerprint density at radius 1 is 0.800 bits per heavy atom. The van der Waals surface area contributed by atoms with Gasteiger partial charge < -0.3 is 14.2 Å². The van der Waals surface area contributed by atoms with E-state index in [1.54, 1.807) is 31.4 Å². The molecule has 0 saturated heterocycles. The maximum Gasteiger partial charge on any atom is 0.297 e. The van der Waals surface area contributed by atoms with E-state index < -0.39 is 15.7 Å². The van der Waals surface area contributed by atoms with E-state index in [4.69, 9.17) is 18.4 Å². The SMILES string of the molecule is CCC(CC)(CCOC)OCC(CC)(CC)OCCOS(=O)(=O)c1ccc(C)cc1. The lowest BCUT2D eigenvalue weighted by atomic mass is 9.92. The zero-order valence-electron chi connectivity index (χ0n) is 19.5. The van der Waals surface area contributed by atoms with Crippen LogP contribution in [0.3, 0.4) is 0 Å². The molecule has 0 bridgehead atoms. The first kappa shape index (κ1) is 27.0. The van der Waals surface area contributed by atoms with Crippen LogP contribution in [-0.2, 0) is 28.5 Å². The molecule has 0 N–H and O–H groups in total. The van der Waals surface area contributed by atoms with E-state index in [0.717, 1.165) is 37.7 Å². The molecule has 0 atom stereocenters. The Bertz CT molecular complexity index is 691. The fraction of sp³-hybridized carbons (Fsp3) is 0.739. The Balaban J connectivity index is 2.66. The molecule has 0 fully saturated rings. The Kier molecular flexibility index (Phi) is 11.5. The smallest absolute Gasteiger partial charge is 0.297 e. The van der Waals surface area contributed by atoms with Gasteiger partial charge in [-0.2, -0.15) is 8.42 Å². The van der Waals surface area contributed by atoms with Gasteiger partial charge in [0, 0.05) is 13.7 Å². The van der Waals surface area contributed by atoms with Crippen LogP contribution >= 0.6 is 0 Å². The van der Waals surface area contributed by atoms with Gasteiger partial charge in [-0.1, -0.05) is 45.4 Å². The molecule has 1 rings (SSSR count). The maximum absolute atomic E-state index is 12.3. The first-order chi connectivity index (χ1) is 14.2.